The van der Waals surface area contributed by atoms with Gasteiger partial charge in [0.15, 0.2) is 0 Å². The Labute approximate surface area is 140 Å². The van der Waals surface area contributed by atoms with Crippen LogP contribution in [0.3, 0.4) is 0 Å². The number of unbranched alkanes of at least 4 members (excludes halogenated alkanes) is 12. The van der Waals surface area contributed by atoms with E-state index in [1.807, 2.05) is 0 Å². The fourth-order valence-corrected chi connectivity index (χ4v) is 3.39. The smallest absolute Gasteiger partial charge is 0.203 e. The van der Waals surface area contributed by atoms with Crippen LogP contribution in [0.15, 0.2) is 0 Å². The van der Waals surface area contributed by atoms with E-state index < -0.39 is 10.9 Å². The average molecular weight is 334 g/mol. The van der Waals surface area contributed by atoms with Gasteiger partial charge in [-0.25, -0.2) is 12.7 Å². The molecule has 134 valence electrons. The highest BCUT2D eigenvalue weighted by Crippen LogP contribution is 2.10. The summed E-state index contributed by atoms with van der Waals surface area (Å²) in [7, 11) is -2.39. The Kier molecular flexibility index (Phi) is 17.2. The van der Waals surface area contributed by atoms with Gasteiger partial charge in [0.05, 0.1) is 0 Å². The fourth-order valence-electron chi connectivity index (χ4n) is 2.78. The van der Waals surface area contributed by atoms with Crippen molar-refractivity contribution in [2.45, 2.75) is 104 Å². The lowest BCUT2D eigenvalue weighted by molar-refractivity contribution is 0.394. The molecule has 0 aliphatic rings. The molecule has 22 heavy (non-hydrogen) atoms. The third-order valence-corrected chi connectivity index (χ3v) is 5.13. The average Bonchev–Trinajstić information content (AvgIpc) is 2.50. The van der Waals surface area contributed by atoms with Crippen LogP contribution in [0.1, 0.15) is 104 Å². The van der Waals surface area contributed by atoms with Crippen molar-refractivity contribution in [2.75, 3.05) is 13.1 Å². The third-order valence-electron chi connectivity index (χ3n) is 4.27. The van der Waals surface area contributed by atoms with Crippen LogP contribution in [0.5, 0.6) is 0 Å². The standard InChI is InChI=1S/C18H39NO2S/c1-3-5-7-9-11-13-15-17-19(22(20)21)18-16-14-12-10-8-6-4-2/h22H,3-18H2,1-2H3. The van der Waals surface area contributed by atoms with E-state index in [1.165, 1.54) is 77.0 Å². The maximum Gasteiger partial charge on any atom is 0.203 e. The number of hydrogen-bond donors (Lipinski definition) is 1. The van der Waals surface area contributed by atoms with Crippen molar-refractivity contribution >= 4 is 10.9 Å². The summed E-state index contributed by atoms with van der Waals surface area (Å²) in [6, 6.07) is 0. The van der Waals surface area contributed by atoms with E-state index in [9.17, 15) is 8.42 Å². The molecule has 0 fully saturated rings. The quantitative estimate of drug-likeness (QED) is 0.289. The van der Waals surface area contributed by atoms with Crippen LogP contribution < -0.4 is 0 Å². The number of rotatable bonds is 17. The summed E-state index contributed by atoms with van der Waals surface area (Å²) in [6.07, 6.45) is 17.4. The van der Waals surface area contributed by atoms with E-state index in [0.717, 1.165) is 25.9 Å². The van der Waals surface area contributed by atoms with Crippen molar-refractivity contribution < 1.29 is 8.42 Å². The number of hydrogen-bond acceptors (Lipinski definition) is 2. The van der Waals surface area contributed by atoms with E-state index in [4.69, 9.17) is 0 Å². The minimum Gasteiger partial charge on any atom is -0.215 e. The van der Waals surface area contributed by atoms with Crippen molar-refractivity contribution in [3.05, 3.63) is 0 Å². The minimum absolute atomic E-state index is 0.725. The van der Waals surface area contributed by atoms with Crippen LogP contribution in [0, 0.1) is 0 Å². The predicted molar refractivity (Wildman–Crippen MR) is 97.9 cm³/mol. The molecular weight excluding hydrogens is 294 g/mol. The van der Waals surface area contributed by atoms with Crippen LogP contribution >= 0.6 is 0 Å². The molecule has 0 spiro atoms. The summed E-state index contributed by atoms with van der Waals surface area (Å²) in [5.41, 5.74) is 0. The second-order valence-electron chi connectivity index (χ2n) is 6.43. The van der Waals surface area contributed by atoms with Gasteiger partial charge >= 0.3 is 0 Å². The van der Waals surface area contributed by atoms with Gasteiger partial charge in [-0.05, 0) is 12.8 Å². The Bertz CT molecular complexity index is 267. The zero-order valence-electron chi connectivity index (χ0n) is 15.0. The van der Waals surface area contributed by atoms with Gasteiger partial charge < -0.3 is 0 Å². The molecule has 3 nitrogen and oxygen atoms in total. The monoisotopic (exact) mass is 333 g/mol. The first kappa shape index (κ1) is 21.9. The van der Waals surface area contributed by atoms with Gasteiger partial charge in [-0.1, -0.05) is 90.9 Å². The zero-order chi connectivity index (χ0) is 16.5. The largest absolute Gasteiger partial charge is 0.215 e. The van der Waals surface area contributed by atoms with Crippen molar-refractivity contribution in [1.82, 2.24) is 4.31 Å². The van der Waals surface area contributed by atoms with Crippen LogP contribution in [0.2, 0.25) is 0 Å². The molecule has 0 saturated carbocycles. The van der Waals surface area contributed by atoms with Gasteiger partial charge in [0.2, 0.25) is 10.9 Å². The lowest BCUT2D eigenvalue weighted by atomic mass is 10.1. The van der Waals surface area contributed by atoms with Crippen molar-refractivity contribution in [2.24, 2.45) is 0 Å². The van der Waals surface area contributed by atoms with Crippen LogP contribution in [0.25, 0.3) is 0 Å². The third kappa shape index (κ3) is 14.8. The lowest BCUT2D eigenvalue weighted by Crippen LogP contribution is -2.24. The Balaban J connectivity index is 3.53. The molecule has 0 aromatic heterocycles. The first-order valence-electron chi connectivity index (χ1n) is 9.61. The zero-order valence-corrected chi connectivity index (χ0v) is 15.9. The van der Waals surface area contributed by atoms with Gasteiger partial charge in [0.25, 0.3) is 0 Å². The highest BCUT2D eigenvalue weighted by molar-refractivity contribution is 7.69. The van der Waals surface area contributed by atoms with Gasteiger partial charge in [0, 0.05) is 13.1 Å². The van der Waals surface area contributed by atoms with Crippen LogP contribution in [0.4, 0.5) is 0 Å². The molecule has 0 saturated heterocycles. The first-order valence-corrected chi connectivity index (χ1v) is 10.7. The molecule has 0 radical (unpaired) electrons. The topological polar surface area (TPSA) is 37.4 Å². The molecule has 0 bridgehead atoms. The van der Waals surface area contributed by atoms with Crippen LogP contribution in [-0.4, -0.2) is 25.8 Å². The molecule has 0 unspecified atom stereocenters. The fraction of sp³-hybridized carbons (Fsp3) is 1.00. The van der Waals surface area contributed by atoms with Gasteiger partial charge in [0.1, 0.15) is 0 Å². The molecule has 0 aliphatic heterocycles. The molecule has 0 amide bonds. The van der Waals surface area contributed by atoms with E-state index in [-0.39, 0.29) is 0 Å². The molecule has 0 aromatic carbocycles. The first-order chi connectivity index (χ1) is 10.7. The molecule has 4 heteroatoms. The summed E-state index contributed by atoms with van der Waals surface area (Å²) in [4.78, 5) is 0. The Morgan fingerprint density at radius 1 is 0.545 bits per heavy atom. The predicted octanol–water partition coefficient (Wildman–Crippen LogP) is 5.32. The van der Waals surface area contributed by atoms with Crippen molar-refractivity contribution in [3.63, 3.8) is 0 Å². The maximum absolute atomic E-state index is 11.3. The second kappa shape index (κ2) is 17.3. The van der Waals surface area contributed by atoms with E-state index in [2.05, 4.69) is 13.8 Å². The summed E-state index contributed by atoms with van der Waals surface area (Å²) < 4.78 is 24.2. The van der Waals surface area contributed by atoms with Gasteiger partial charge in [-0.3, -0.25) is 0 Å². The molecule has 0 atom stereocenters. The minimum atomic E-state index is -2.39. The Hall–Kier alpha value is -0.0900. The highest BCUT2D eigenvalue weighted by atomic mass is 32.2. The number of nitrogens with zero attached hydrogens (tertiary/aromatic N) is 1. The van der Waals surface area contributed by atoms with Crippen LogP contribution in [-0.2, 0) is 10.9 Å². The van der Waals surface area contributed by atoms with Crippen molar-refractivity contribution in [3.8, 4) is 0 Å². The van der Waals surface area contributed by atoms with E-state index in [1.54, 1.807) is 4.31 Å². The Morgan fingerprint density at radius 2 is 0.864 bits per heavy atom. The molecule has 0 rings (SSSR count). The normalized spacial score (nSPS) is 11.6. The molecule has 0 N–H and O–H groups in total. The van der Waals surface area contributed by atoms with Crippen molar-refractivity contribution in [1.29, 1.82) is 0 Å². The Morgan fingerprint density at radius 3 is 1.18 bits per heavy atom. The van der Waals surface area contributed by atoms with E-state index >= 15 is 0 Å². The highest BCUT2D eigenvalue weighted by Gasteiger charge is 2.06. The summed E-state index contributed by atoms with van der Waals surface area (Å²) in [5.74, 6) is 0. The van der Waals surface area contributed by atoms with Gasteiger partial charge in [-0.15, -0.1) is 0 Å². The number of thiol groups is 1. The van der Waals surface area contributed by atoms with Gasteiger partial charge in [-0.2, -0.15) is 0 Å². The second-order valence-corrected chi connectivity index (χ2v) is 7.48. The maximum atomic E-state index is 11.3. The summed E-state index contributed by atoms with van der Waals surface area (Å²) in [6.45, 7) is 5.91. The molecule has 0 aromatic rings. The molecular formula is C18H39NO2S. The summed E-state index contributed by atoms with van der Waals surface area (Å²) in [5, 5.41) is 0. The SMILES string of the molecule is CCCCCCCCCN(CCCCCCCCC)[SH](=O)=O. The summed E-state index contributed by atoms with van der Waals surface area (Å²) >= 11 is 0. The van der Waals surface area contributed by atoms with E-state index in [0.29, 0.717) is 0 Å². The molecule has 0 aliphatic carbocycles. The lowest BCUT2D eigenvalue weighted by Gasteiger charge is -2.15. The molecule has 0 heterocycles.